The lowest BCUT2D eigenvalue weighted by atomic mass is 10.2. The predicted molar refractivity (Wildman–Crippen MR) is 115 cm³/mol. The molecule has 0 atom stereocenters. The van der Waals surface area contributed by atoms with Gasteiger partial charge in [0.15, 0.2) is 0 Å². The minimum atomic E-state index is -0.276. The van der Waals surface area contributed by atoms with Crippen molar-refractivity contribution < 1.29 is 14.3 Å². The van der Waals surface area contributed by atoms with Crippen LogP contribution >= 0.6 is 0 Å². The van der Waals surface area contributed by atoms with Crippen LogP contribution in [0.2, 0.25) is 0 Å². The summed E-state index contributed by atoms with van der Waals surface area (Å²) in [6.45, 7) is 7.12. The van der Waals surface area contributed by atoms with Gasteiger partial charge in [-0.1, -0.05) is 36.4 Å². The number of carbonyl (C=O) groups is 1. The molecule has 7 nitrogen and oxygen atoms in total. The number of benzene rings is 1. The summed E-state index contributed by atoms with van der Waals surface area (Å²) in [5.41, 5.74) is 3.23. The molecule has 2 aliphatic rings. The summed E-state index contributed by atoms with van der Waals surface area (Å²) in [5.74, 6) is 1.40. The van der Waals surface area contributed by atoms with Gasteiger partial charge in [0.25, 0.3) is 0 Å². The highest BCUT2D eigenvalue weighted by molar-refractivity contribution is 5.68. The average molecular weight is 409 g/mol. The molecule has 1 fully saturated rings. The van der Waals surface area contributed by atoms with Crippen LogP contribution in [0.4, 0.5) is 10.7 Å². The number of amides is 1. The van der Waals surface area contributed by atoms with E-state index in [-0.39, 0.29) is 6.09 Å². The minimum absolute atomic E-state index is 0.276. The first-order valence-electron chi connectivity index (χ1n) is 10.6. The maximum absolute atomic E-state index is 12.4. The first-order valence-corrected chi connectivity index (χ1v) is 10.6. The number of piperazine rings is 1. The molecule has 158 valence electrons. The molecule has 0 N–H and O–H groups in total. The van der Waals surface area contributed by atoms with E-state index in [1.165, 1.54) is 0 Å². The summed E-state index contributed by atoms with van der Waals surface area (Å²) in [6, 6.07) is 9.72. The summed E-state index contributed by atoms with van der Waals surface area (Å²) in [7, 11) is 0. The van der Waals surface area contributed by atoms with Crippen LogP contribution in [0.5, 0.6) is 5.88 Å². The molecular formula is C23H28N4O3. The SMILES string of the molecule is C=CCCOc1nc(N2CCN(C(=O)OCc3ccccc3)CC2)nc2c1CCC2. The number of hydrogen-bond acceptors (Lipinski definition) is 6. The molecule has 0 saturated carbocycles. The van der Waals surface area contributed by atoms with Crippen LogP contribution in [-0.4, -0.2) is 53.7 Å². The van der Waals surface area contributed by atoms with E-state index in [9.17, 15) is 4.79 Å². The van der Waals surface area contributed by atoms with Crippen molar-refractivity contribution in [3.05, 3.63) is 59.8 Å². The van der Waals surface area contributed by atoms with Gasteiger partial charge >= 0.3 is 6.09 Å². The third kappa shape index (κ3) is 4.72. The van der Waals surface area contributed by atoms with Crippen molar-refractivity contribution in [2.45, 2.75) is 32.3 Å². The summed E-state index contributed by atoms with van der Waals surface area (Å²) < 4.78 is 11.4. The van der Waals surface area contributed by atoms with Gasteiger partial charge in [-0.3, -0.25) is 0 Å². The largest absolute Gasteiger partial charge is 0.477 e. The van der Waals surface area contributed by atoms with E-state index in [2.05, 4.69) is 11.5 Å². The van der Waals surface area contributed by atoms with Crippen LogP contribution in [-0.2, 0) is 24.2 Å². The maximum atomic E-state index is 12.4. The first kappa shape index (κ1) is 20.2. The molecule has 2 heterocycles. The number of rotatable bonds is 7. The fourth-order valence-corrected chi connectivity index (χ4v) is 3.78. The van der Waals surface area contributed by atoms with Crippen LogP contribution in [0.25, 0.3) is 0 Å². The van der Waals surface area contributed by atoms with E-state index >= 15 is 0 Å². The molecule has 30 heavy (non-hydrogen) atoms. The molecule has 1 saturated heterocycles. The van der Waals surface area contributed by atoms with E-state index in [0.717, 1.165) is 42.5 Å². The molecule has 7 heteroatoms. The highest BCUT2D eigenvalue weighted by atomic mass is 16.6. The second-order valence-corrected chi connectivity index (χ2v) is 7.55. The van der Waals surface area contributed by atoms with Crippen molar-refractivity contribution in [1.82, 2.24) is 14.9 Å². The van der Waals surface area contributed by atoms with Gasteiger partial charge in [-0.2, -0.15) is 4.98 Å². The van der Waals surface area contributed by atoms with E-state index in [0.29, 0.717) is 51.2 Å². The molecule has 1 amide bonds. The molecule has 2 aromatic rings. The van der Waals surface area contributed by atoms with Gasteiger partial charge in [0.2, 0.25) is 11.8 Å². The lowest BCUT2D eigenvalue weighted by Crippen LogP contribution is -2.49. The Labute approximate surface area is 177 Å². The lowest BCUT2D eigenvalue weighted by Gasteiger charge is -2.34. The Balaban J connectivity index is 1.35. The van der Waals surface area contributed by atoms with Crippen LogP contribution in [0, 0.1) is 0 Å². The van der Waals surface area contributed by atoms with Gasteiger partial charge in [-0.05, 0) is 31.2 Å². The Morgan fingerprint density at radius 3 is 2.67 bits per heavy atom. The number of hydrogen-bond donors (Lipinski definition) is 0. The number of nitrogens with zero attached hydrogens (tertiary/aromatic N) is 4. The number of aromatic nitrogens is 2. The first-order chi connectivity index (χ1) is 14.7. The van der Waals surface area contributed by atoms with Crippen LogP contribution < -0.4 is 9.64 Å². The zero-order chi connectivity index (χ0) is 20.8. The Bertz CT molecular complexity index is 880. The average Bonchev–Trinajstić information content (AvgIpc) is 3.27. The Morgan fingerprint density at radius 1 is 1.10 bits per heavy atom. The second kappa shape index (κ2) is 9.61. The third-order valence-corrected chi connectivity index (χ3v) is 5.47. The quantitative estimate of drug-likeness (QED) is 0.517. The number of anilines is 1. The highest BCUT2D eigenvalue weighted by Gasteiger charge is 2.27. The predicted octanol–water partition coefficient (Wildman–Crippen LogP) is 3.38. The molecule has 4 rings (SSSR count). The molecule has 1 aliphatic heterocycles. The van der Waals surface area contributed by atoms with E-state index in [1.807, 2.05) is 36.4 Å². The second-order valence-electron chi connectivity index (χ2n) is 7.55. The number of aryl methyl sites for hydroxylation is 1. The monoisotopic (exact) mass is 408 g/mol. The van der Waals surface area contributed by atoms with Gasteiger partial charge in [-0.15, -0.1) is 6.58 Å². The third-order valence-electron chi connectivity index (χ3n) is 5.47. The van der Waals surface area contributed by atoms with Gasteiger partial charge in [0, 0.05) is 31.7 Å². The summed E-state index contributed by atoms with van der Waals surface area (Å²) >= 11 is 0. The minimum Gasteiger partial charge on any atom is -0.477 e. The molecule has 0 spiro atoms. The molecule has 1 aliphatic carbocycles. The summed E-state index contributed by atoms with van der Waals surface area (Å²) in [6.07, 6.45) is 5.39. The van der Waals surface area contributed by atoms with E-state index in [4.69, 9.17) is 19.4 Å². The standard InChI is InChI=1S/C23H28N4O3/c1-2-3-16-29-21-19-10-7-11-20(19)24-22(25-21)26-12-14-27(15-13-26)23(28)30-17-18-8-5-4-6-9-18/h2,4-6,8-9H,1,3,7,10-17H2. The van der Waals surface area contributed by atoms with Crippen LogP contribution in [0.15, 0.2) is 43.0 Å². The van der Waals surface area contributed by atoms with Gasteiger partial charge in [0.1, 0.15) is 6.61 Å². The summed E-state index contributed by atoms with van der Waals surface area (Å²) in [5, 5.41) is 0. The Morgan fingerprint density at radius 2 is 1.90 bits per heavy atom. The molecule has 1 aromatic carbocycles. The molecule has 1 aromatic heterocycles. The normalized spacial score (nSPS) is 15.6. The highest BCUT2D eigenvalue weighted by Crippen LogP contribution is 2.30. The zero-order valence-electron chi connectivity index (χ0n) is 17.3. The van der Waals surface area contributed by atoms with Crippen molar-refractivity contribution in [1.29, 1.82) is 0 Å². The fourth-order valence-electron chi connectivity index (χ4n) is 3.78. The van der Waals surface area contributed by atoms with Crippen molar-refractivity contribution in [3.63, 3.8) is 0 Å². The maximum Gasteiger partial charge on any atom is 0.410 e. The van der Waals surface area contributed by atoms with Gasteiger partial charge in [-0.25, -0.2) is 9.78 Å². The lowest BCUT2D eigenvalue weighted by molar-refractivity contribution is 0.0940. The van der Waals surface area contributed by atoms with Crippen LogP contribution in [0.1, 0.15) is 29.7 Å². The van der Waals surface area contributed by atoms with Crippen molar-refractivity contribution in [2.24, 2.45) is 0 Å². The number of ether oxygens (including phenoxy) is 2. The fraction of sp³-hybridized carbons (Fsp3) is 0.435. The molecule has 0 unspecified atom stereocenters. The number of carbonyl (C=O) groups excluding carboxylic acids is 1. The molecule has 0 bridgehead atoms. The molecule has 0 radical (unpaired) electrons. The Kier molecular flexibility index (Phi) is 6.47. The van der Waals surface area contributed by atoms with Crippen molar-refractivity contribution in [3.8, 4) is 5.88 Å². The zero-order valence-corrected chi connectivity index (χ0v) is 17.3. The van der Waals surface area contributed by atoms with Crippen molar-refractivity contribution in [2.75, 3.05) is 37.7 Å². The van der Waals surface area contributed by atoms with Gasteiger partial charge < -0.3 is 19.3 Å². The van der Waals surface area contributed by atoms with Crippen LogP contribution in [0.3, 0.4) is 0 Å². The van der Waals surface area contributed by atoms with Crippen molar-refractivity contribution >= 4 is 12.0 Å². The number of fused-ring (bicyclic) bond motifs is 1. The smallest absolute Gasteiger partial charge is 0.410 e. The molecular weight excluding hydrogens is 380 g/mol. The van der Waals surface area contributed by atoms with E-state index in [1.54, 1.807) is 4.90 Å². The topological polar surface area (TPSA) is 67.8 Å². The van der Waals surface area contributed by atoms with E-state index < -0.39 is 0 Å². The van der Waals surface area contributed by atoms with Gasteiger partial charge in [0.05, 0.1) is 12.3 Å². The Hall–Kier alpha value is -3.09. The summed E-state index contributed by atoms with van der Waals surface area (Å²) in [4.78, 5) is 25.8.